The lowest BCUT2D eigenvalue weighted by molar-refractivity contribution is 0.0651. The number of rotatable bonds is 12. The summed E-state index contributed by atoms with van der Waals surface area (Å²) in [5.74, 6) is -6.56. The molecule has 0 spiro atoms. The van der Waals surface area contributed by atoms with Crippen LogP contribution in [0.25, 0.3) is 33.0 Å². The van der Waals surface area contributed by atoms with Gasteiger partial charge in [-0.15, -0.1) is 20.5 Å². The zero-order valence-corrected chi connectivity index (χ0v) is 33.5. The normalized spacial score (nSPS) is 11.5. The zero-order chi connectivity index (χ0) is 44.0. The Morgan fingerprint density at radius 2 is 0.967 bits per heavy atom. The van der Waals surface area contributed by atoms with Gasteiger partial charge in [-0.1, -0.05) is 58.0 Å². The zero-order valence-electron chi connectivity index (χ0n) is 30.4. The Morgan fingerprint density at radius 3 is 1.33 bits per heavy atom. The Kier molecular flexibility index (Phi) is 10.9. The Balaban J connectivity index is 1.15. The highest BCUT2D eigenvalue weighted by Crippen LogP contribution is 2.41. The molecule has 0 saturated heterocycles. The molecule has 0 amide bonds. The van der Waals surface area contributed by atoms with Crippen LogP contribution in [0, 0.1) is 13.8 Å². The number of nitrogens with zero attached hydrogens (tertiary/aromatic N) is 13. The standard InChI is InChI=1S/C33H21Cl2N15O9S2/c1-9-17(43-45-25-19(34)38-23(60-25)11-3-5-13(27(51)52)15(7-11)29(55)56)21(36)49(47-9)31-40-32(42-33(59)41-31)50-22(37)18(10(2)48-50)44-46-26-20(35)39-24(61-26)12-4-6-14(28(53)54)16(8-12)30(57)58/h3-8H,36-37H2,1-2H3,(H,51,52)(H,53,54)(H,55,56)(H,57,58)(H,40,41,42,59). The van der Waals surface area contributed by atoms with Crippen LogP contribution in [0.2, 0.25) is 10.3 Å². The first-order valence-corrected chi connectivity index (χ1v) is 18.8. The number of carbonyl (C=O) groups is 4. The van der Waals surface area contributed by atoms with Crippen molar-refractivity contribution >= 4 is 103 Å². The van der Waals surface area contributed by atoms with Crippen LogP contribution in [-0.2, 0) is 0 Å². The van der Waals surface area contributed by atoms with Gasteiger partial charge in [-0.2, -0.15) is 34.5 Å². The molecule has 5 heterocycles. The number of anilines is 2. The molecule has 9 N–H and O–H groups in total. The first-order valence-electron chi connectivity index (χ1n) is 16.5. The van der Waals surface area contributed by atoms with Crippen molar-refractivity contribution in [3.63, 3.8) is 0 Å². The summed E-state index contributed by atoms with van der Waals surface area (Å²) >= 11 is 14.5. The van der Waals surface area contributed by atoms with Gasteiger partial charge < -0.3 is 37.0 Å². The number of nitrogen functional groups attached to an aromatic ring is 2. The predicted octanol–water partition coefficient (Wildman–Crippen LogP) is 6.91. The van der Waals surface area contributed by atoms with E-state index >= 15 is 0 Å². The lowest BCUT2D eigenvalue weighted by Crippen LogP contribution is -2.13. The molecule has 24 nitrogen and oxygen atoms in total. The number of carboxylic acid groups (broad SMARTS) is 4. The molecule has 5 aromatic heterocycles. The fourth-order valence-electron chi connectivity index (χ4n) is 5.39. The van der Waals surface area contributed by atoms with Crippen LogP contribution in [0.4, 0.5) is 33.0 Å². The van der Waals surface area contributed by atoms with E-state index in [2.05, 4.69) is 55.6 Å². The van der Waals surface area contributed by atoms with Crippen molar-refractivity contribution in [1.82, 2.24) is 44.5 Å². The summed E-state index contributed by atoms with van der Waals surface area (Å²) in [4.78, 5) is 66.8. The highest BCUT2D eigenvalue weighted by Gasteiger charge is 2.24. The first-order chi connectivity index (χ1) is 28.9. The molecule has 0 aliphatic heterocycles. The van der Waals surface area contributed by atoms with Crippen LogP contribution >= 0.6 is 45.9 Å². The Hall–Kier alpha value is -7.81. The summed E-state index contributed by atoms with van der Waals surface area (Å²) < 4.78 is 2.08. The first kappa shape index (κ1) is 41.4. The largest absolute Gasteiger partial charge is 0.479 e. The monoisotopic (exact) mass is 905 g/mol. The average Bonchev–Trinajstić information content (AvgIpc) is 3.94. The lowest BCUT2D eigenvalue weighted by Gasteiger charge is -2.06. The maximum Gasteiger partial charge on any atom is 0.336 e. The summed E-state index contributed by atoms with van der Waals surface area (Å²) in [5.41, 5.74) is 12.2. The summed E-state index contributed by atoms with van der Waals surface area (Å²) in [5, 5.41) is 73.9. The van der Waals surface area contributed by atoms with Gasteiger partial charge >= 0.3 is 29.9 Å². The summed E-state index contributed by atoms with van der Waals surface area (Å²) in [6.45, 7) is 3.10. The van der Waals surface area contributed by atoms with Gasteiger partial charge in [-0.3, -0.25) is 0 Å². The van der Waals surface area contributed by atoms with Crippen LogP contribution in [0.1, 0.15) is 52.8 Å². The van der Waals surface area contributed by atoms with E-state index in [9.17, 15) is 44.7 Å². The molecular weight excluding hydrogens is 885 g/mol. The van der Waals surface area contributed by atoms with Gasteiger partial charge in [0.1, 0.15) is 10.0 Å². The van der Waals surface area contributed by atoms with E-state index in [-0.39, 0.29) is 87.7 Å². The number of carboxylic acids is 4. The summed E-state index contributed by atoms with van der Waals surface area (Å²) in [6.07, 6.45) is 0. The van der Waals surface area contributed by atoms with Crippen molar-refractivity contribution < 1.29 is 44.7 Å². The highest BCUT2D eigenvalue weighted by atomic mass is 35.5. The van der Waals surface area contributed by atoms with Crippen molar-refractivity contribution in [1.29, 1.82) is 0 Å². The third kappa shape index (κ3) is 8.00. The Morgan fingerprint density at radius 1 is 0.590 bits per heavy atom. The lowest BCUT2D eigenvalue weighted by atomic mass is 10.0. The van der Waals surface area contributed by atoms with Crippen LogP contribution in [-0.4, -0.2) is 93.9 Å². The van der Waals surface area contributed by atoms with Crippen LogP contribution < -0.4 is 11.5 Å². The fourth-order valence-corrected chi connectivity index (χ4v) is 7.52. The number of halogens is 2. The van der Waals surface area contributed by atoms with E-state index < -0.39 is 52.1 Å². The molecule has 0 radical (unpaired) electrons. The molecule has 0 atom stereocenters. The molecule has 7 rings (SSSR count). The third-order valence-corrected chi connectivity index (χ3v) is 10.9. The molecule has 0 fully saturated rings. The minimum atomic E-state index is -1.44. The van der Waals surface area contributed by atoms with E-state index in [0.717, 1.165) is 56.3 Å². The van der Waals surface area contributed by atoms with E-state index in [0.29, 0.717) is 0 Å². The second kappa shape index (κ2) is 16.1. The highest BCUT2D eigenvalue weighted by molar-refractivity contribution is 7.19. The Bertz CT molecular complexity index is 2870. The number of hydrogen-bond acceptors (Lipinski definition) is 20. The van der Waals surface area contributed by atoms with Crippen molar-refractivity contribution in [3.05, 3.63) is 80.3 Å². The van der Waals surface area contributed by atoms with Crippen LogP contribution in [0.15, 0.2) is 56.9 Å². The number of aromatic nitrogens is 9. The molecule has 7 aromatic rings. The Labute approximate surface area is 355 Å². The molecule has 61 heavy (non-hydrogen) atoms. The van der Waals surface area contributed by atoms with Gasteiger partial charge in [0.05, 0.1) is 33.6 Å². The molecule has 0 unspecified atom stereocenters. The second-order valence-corrected chi connectivity index (χ2v) is 14.7. The van der Waals surface area contributed by atoms with Crippen LogP contribution in [0.3, 0.4) is 0 Å². The number of hydrogen-bond donors (Lipinski definition) is 7. The number of benzene rings is 2. The molecule has 28 heteroatoms. The van der Waals surface area contributed by atoms with Crippen LogP contribution in [0.5, 0.6) is 6.01 Å². The molecule has 0 bridgehead atoms. The molecule has 0 aliphatic rings. The van der Waals surface area contributed by atoms with Gasteiger partial charge in [-0.25, -0.2) is 29.1 Å². The molecule has 2 aromatic carbocycles. The fraction of sp³-hybridized carbons (Fsp3) is 0.0606. The van der Waals surface area contributed by atoms with Crippen molar-refractivity contribution in [3.8, 4) is 39.0 Å². The van der Waals surface area contributed by atoms with Gasteiger partial charge in [0.2, 0.25) is 0 Å². The number of aromatic carboxylic acids is 4. The maximum absolute atomic E-state index is 11.7. The number of nitrogens with two attached hydrogens (primary N) is 2. The smallest absolute Gasteiger partial charge is 0.336 e. The van der Waals surface area contributed by atoms with E-state index in [1.54, 1.807) is 13.8 Å². The minimum absolute atomic E-state index is 0.0491. The third-order valence-electron chi connectivity index (χ3n) is 8.18. The SMILES string of the molecule is Cc1nn(-c2nc(O)nc(-n3nc(C)c(N=Nc4sc(-c5ccc(C(=O)O)c(C(=O)O)c5)nc4Cl)c3N)n2)c(N)c1N=Nc1sc(-c2ccc(C(=O)O)c(C(=O)O)c2)nc1Cl. The molecule has 0 aliphatic carbocycles. The minimum Gasteiger partial charge on any atom is -0.479 e. The number of aromatic hydroxyl groups is 1. The second-order valence-electron chi connectivity index (χ2n) is 12.1. The number of thiazole rings is 2. The quantitative estimate of drug-likeness (QED) is 0.0612. The maximum atomic E-state index is 11.7. The van der Waals surface area contributed by atoms with Crippen molar-refractivity contribution in [2.24, 2.45) is 20.5 Å². The van der Waals surface area contributed by atoms with Crippen molar-refractivity contribution in [2.45, 2.75) is 13.8 Å². The van der Waals surface area contributed by atoms with Gasteiger partial charge in [0, 0.05) is 11.1 Å². The average molecular weight is 907 g/mol. The molecular formula is C33H21Cl2N15O9S2. The number of azo groups is 2. The van der Waals surface area contributed by atoms with E-state index in [1.807, 2.05) is 0 Å². The molecule has 0 saturated carbocycles. The number of aryl methyl sites for hydroxylation is 2. The van der Waals surface area contributed by atoms with Gasteiger partial charge in [0.25, 0.3) is 11.9 Å². The van der Waals surface area contributed by atoms with Gasteiger partial charge in [0.15, 0.2) is 43.3 Å². The topological polar surface area (TPSA) is 371 Å². The predicted molar refractivity (Wildman–Crippen MR) is 215 cm³/mol. The van der Waals surface area contributed by atoms with E-state index in [1.165, 1.54) is 12.1 Å². The summed E-state index contributed by atoms with van der Waals surface area (Å²) in [7, 11) is 0. The van der Waals surface area contributed by atoms with Gasteiger partial charge in [-0.05, 0) is 38.1 Å². The molecule has 308 valence electrons. The summed E-state index contributed by atoms with van der Waals surface area (Å²) in [6, 6.07) is 6.57. The van der Waals surface area contributed by atoms with Crippen molar-refractivity contribution in [2.75, 3.05) is 11.5 Å². The van der Waals surface area contributed by atoms with E-state index in [4.69, 9.17) is 34.7 Å².